The van der Waals surface area contributed by atoms with Gasteiger partial charge in [0.1, 0.15) is 9.84 Å². The smallest absolute Gasteiger partial charge is 0.239 e. The second kappa shape index (κ2) is 11.4. The summed E-state index contributed by atoms with van der Waals surface area (Å²) in [5.41, 5.74) is 0. The fraction of sp³-hybridized carbons (Fsp3) is 0.882. The fourth-order valence-corrected chi connectivity index (χ4v) is 4.21. The number of piperazine rings is 1. The summed E-state index contributed by atoms with van der Waals surface area (Å²) in [5.74, 6) is 1.23. The Bertz CT molecular complexity index is 600. The molecule has 8 nitrogen and oxygen atoms in total. The number of nitrogens with zero attached hydrogens (tertiary/aromatic N) is 4. The molecule has 2 aliphatic heterocycles. The quantitative estimate of drug-likeness (QED) is 0.236. The summed E-state index contributed by atoms with van der Waals surface area (Å²) >= 11 is 0. The molecule has 10 heteroatoms. The maximum atomic E-state index is 12.6. The highest BCUT2D eigenvalue weighted by atomic mass is 127. The number of rotatable bonds is 6. The highest BCUT2D eigenvalue weighted by Gasteiger charge is 2.30. The number of aliphatic imine (C=N–C) groups is 1. The topological polar surface area (TPSA) is 85.3 Å². The lowest BCUT2D eigenvalue weighted by Gasteiger charge is -2.39. The first-order valence-corrected chi connectivity index (χ1v) is 11.5. The zero-order valence-electron chi connectivity index (χ0n) is 16.7. The Kier molecular flexibility index (Phi) is 10.3. The van der Waals surface area contributed by atoms with Crippen molar-refractivity contribution in [2.24, 2.45) is 4.99 Å². The van der Waals surface area contributed by atoms with Gasteiger partial charge in [-0.25, -0.2) is 8.42 Å². The van der Waals surface area contributed by atoms with E-state index in [1.807, 2.05) is 11.8 Å². The SMILES string of the molecule is CN=C(NCCCS(C)(=O)=O)N1CCN(C(C)C(=O)N2CCCC2)CC1.I. The number of sulfone groups is 1. The van der Waals surface area contributed by atoms with Crippen LogP contribution in [0.25, 0.3) is 0 Å². The minimum atomic E-state index is -2.92. The van der Waals surface area contributed by atoms with E-state index in [-0.39, 0.29) is 41.7 Å². The molecular weight excluding hydrogens is 481 g/mol. The minimum Gasteiger partial charge on any atom is -0.356 e. The molecule has 0 bridgehead atoms. The third-order valence-corrected chi connectivity index (χ3v) is 6.15. The molecule has 0 aromatic rings. The summed E-state index contributed by atoms with van der Waals surface area (Å²) in [5, 5.41) is 3.24. The summed E-state index contributed by atoms with van der Waals surface area (Å²) in [6, 6.07) is -0.0695. The standard InChI is InChI=1S/C17H33N5O3S.HI/c1-15(16(23)21-8-4-5-9-21)20-10-12-22(13-11-20)17(18-2)19-7-6-14-26(3,24)25;/h15H,4-14H2,1-3H3,(H,18,19);1H. The lowest BCUT2D eigenvalue weighted by Crippen LogP contribution is -2.57. The van der Waals surface area contributed by atoms with Crippen LogP contribution in [-0.2, 0) is 14.6 Å². The molecule has 1 atom stereocenters. The van der Waals surface area contributed by atoms with Crippen LogP contribution in [0.1, 0.15) is 26.2 Å². The summed E-state index contributed by atoms with van der Waals surface area (Å²) in [6.45, 7) is 7.65. The van der Waals surface area contributed by atoms with Gasteiger partial charge < -0.3 is 15.1 Å². The average Bonchev–Trinajstić information content (AvgIpc) is 3.14. The molecule has 1 amide bonds. The van der Waals surface area contributed by atoms with Crippen LogP contribution in [-0.4, -0.2) is 106 Å². The summed E-state index contributed by atoms with van der Waals surface area (Å²) < 4.78 is 22.4. The maximum absolute atomic E-state index is 12.6. The predicted molar refractivity (Wildman–Crippen MR) is 120 cm³/mol. The number of carbonyl (C=O) groups excluding carboxylic acids is 1. The molecule has 2 aliphatic rings. The van der Waals surface area contributed by atoms with Crippen LogP contribution in [0.2, 0.25) is 0 Å². The van der Waals surface area contributed by atoms with E-state index in [9.17, 15) is 13.2 Å². The molecule has 0 saturated carbocycles. The van der Waals surface area contributed by atoms with Crippen LogP contribution in [0.4, 0.5) is 0 Å². The van der Waals surface area contributed by atoms with E-state index in [1.54, 1.807) is 7.05 Å². The van der Waals surface area contributed by atoms with Crippen molar-refractivity contribution in [2.45, 2.75) is 32.2 Å². The number of likely N-dealkylation sites (tertiary alicyclic amines) is 1. The van der Waals surface area contributed by atoms with E-state index in [0.29, 0.717) is 13.0 Å². The maximum Gasteiger partial charge on any atom is 0.239 e. The molecule has 0 aromatic carbocycles. The Morgan fingerprint density at radius 3 is 2.19 bits per heavy atom. The molecule has 2 saturated heterocycles. The number of halogens is 1. The molecule has 2 heterocycles. The first-order valence-electron chi connectivity index (χ1n) is 9.48. The Labute approximate surface area is 180 Å². The molecule has 158 valence electrons. The van der Waals surface area contributed by atoms with E-state index in [4.69, 9.17) is 0 Å². The average molecular weight is 515 g/mol. The Morgan fingerprint density at radius 2 is 1.67 bits per heavy atom. The summed E-state index contributed by atoms with van der Waals surface area (Å²) in [6.07, 6.45) is 4.06. The van der Waals surface area contributed by atoms with Gasteiger partial charge in [0.15, 0.2) is 5.96 Å². The van der Waals surface area contributed by atoms with Crippen molar-refractivity contribution in [1.29, 1.82) is 0 Å². The van der Waals surface area contributed by atoms with Gasteiger partial charge >= 0.3 is 0 Å². The lowest BCUT2D eigenvalue weighted by molar-refractivity contribution is -0.135. The van der Waals surface area contributed by atoms with E-state index in [1.165, 1.54) is 6.26 Å². The first-order chi connectivity index (χ1) is 12.3. The van der Waals surface area contributed by atoms with Crippen molar-refractivity contribution in [3.8, 4) is 0 Å². The van der Waals surface area contributed by atoms with Crippen LogP contribution in [0.15, 0.2) is 4.99 Å². The van der Waals surface area contributed by atoms with E-state index in [2.05, 4.69) is 20.1 Å². The van der Waals surface area contributed by atoms with Gasteiger partial charge in [0.05, 0.1) is 11.8 Å². The van der Waals surface area contributed by atoms with Crippen LogP contribution >= 0.6 is 24.0 Å². The minimum absolute atomic E-state index is 0. The molecule has 0 radical (unpaired) electrons. The van der Waals surface area contributed by atoms with Gasteiger partial charge in [0.2, 0.25) is 5.91 Å². The number of nitrogens with one attached hydrogen (secondary N) is 1. The van der Waals surface area contributed by atoms with Crippen LogP contribution < -0.4 is 5.32 Å². The molecule has 1 N–H and O–H groups in total. The molecule has 2 rings (SSSR count). The molecule has 0 aromatic heterocycles. The van der Waals surface area contributed by atoms with Crippen LogP contribution in [0.5, 0.6) is 0 Å². The van der Waals surface area contributed by atoms with Crippen molar-refractivity contribution in [3.05, 3.63) is 0 Å². The van der Waals surface area contributed by atoms with Gasteiger partial charge in [-0.15, -0.1) is 24.0 Å². The molecular formula is C17H34IN5O3S. The number of hydrogen-bond donors (Lipinski definition) is 1. The lowest BCUT2D eigenvalue weighted by atomic mass is 10.2. The van der Waals surface area contributed by atoms with Crippen molar-refractivity contribution in [1.82, 2.24) is 20.0 Å². The third kappa shape index (κ3) is 7.72. The number of guanidine groups is 1. The fourth-order valence-electron chi connectivity index (χ4n) is 3.55. The number of amides is 1. The molecule has 27 heavy (non-hydrogen) atoms. The third-order valence-electron chi connectivity index (χ3n) is 5.12. The summed E-state index contributed by atoms with van der Waals surface area (Å²) in [7, 11) is -1.18. The van der Waals surface area contributed by atoms with Gasteiger partial charge in [-0.3, -0.25) is 14.7 Å². The highest BCUT2D eigenvalue weighted by molar-refractivity contribution is 14.0. The van der Waals surface area contributed by atoms with Gasteiger partial charge in [0, 0.05) is 59.1 Å². The van der Waals surface area contributed by atoms with Crippen molar-refractivity contribution in [2.75, 3.05) is 64.9 Å². The zero-order valence-corrected chi connectivity index (χ0v) is 19.8. The highest BCUT2D eigenvalue weighted by Crippen LogP contribution is 2.14. The largest absolute Gasteiger partial charge is 0.356 e. The summed E-state index contributed by atoms with van der Waals surface area (Å²) in [4.78, 5) is 23.3. The van der Waals surface area contributed by atoms with Gasteiger partial charge in [-0.1, -0.05) is 0 Å². The predicted octanol–water partition coefficient (Wildman–Crippen LogP) is 0.243. The van der Waals surface area contributed by atoms with Crippen LogP contribution in [0, 0.1) is 0 Å². The van der Waals surface area contributed by atoms with Crippen molar-refractivity contribution in [3.63, 3.8) is 0 Å². The molecule has 2 fully saturated rings. The molecule has 0 aliphatic carbocycles. The second-order valence-corrected chi connectivity index (χ2v) is 9.45. The van der Waals surface area contributed by atoms with Crippen molar-refractivity contribution >= 4 is 45.7 Å². The molecule has 1 unspecified atom stereocenters. The zero-order chi connectivity index (χ0) is 19.2. The number of carbonyl (C=O) groups is 1. The van der Waals surface area contributed by atoms with E-state index in [0.717, 1.165) is 58.1 Å². The van der Waals surface area contributed by atoms with E-state index >= 15 is 0 Å². The Hall–Kier alpha value is -0.620. The van der Waals surface area contributed by atoms with Gasteiger partial charge in [-0.05, 0) is 26.2 Å². The Balaban J connectivity index is 0.00000364. The normalized spacial score (nSPS) is 20.3. The molecule has 0 spiro atoms. The Morgan fingerprint density at radius 1 is 1.07 bits per heavy atom. The van der Waals surface area contributed by atoms with Crippen molar-refractivity contribution < 1.29 is 13.2 Å². The first kappa shape index (κ1) is 24.4. The monoisotopic (exact) mass is 515 g/mol. The van der Waals surface area contributed by atoms with E-state index < -0.39 is 9.84 Å². The van der Waals surface area contributed by atoms with Crippen LogP contribution in [0.3, 0.4) is 0 Å². The van der Waals surface area contributed by atoms with Gasteiger partial charge in [0.25, 0.3) is 0 Å². The van der Waals surface area contributed by atoms with Gasteiger partial charge in [-0.2, -0.15) is 0 Å². The number of hydrogen-bond acceptors (Lipinski definition) is 5. The second-order valence-electron chi connectivity index (χ2n) is 7.19.